The first-order valence-corrected chi connectivity index (χ1v) is 46.1. The van der Waals surface area contributed by atoms with Crippen LogP contribution in [0.3, 0.4) is 0 Å². The second-order valence-electron chi connectivity index (χ2n) is 29.5. The van der Waals surface area contributed by atoms with E-state index in [1.165, 1.54) is 250 Å². The summed E-state index contributed by atoms with van der Waals surface area (Å²) in [4.78, 5) is 73.1. The molecule has 0 aliphatic carbocycles. The second kappa shape index (κ2) is 77.7. The molecular formula is C84H160O17P2. The first kappa shape index (κ1) is 101. The van der Waals surface area contributed by atoms with E-state index in [4.69, 9.17) is 37.0 Å². The highest BCUT2D eigenvalue weighted by atomic mass is 31.2. The van der Waals surface area contributed by atoms with Crippen LogP contribution >= 0.6 is 15.6 Å². The Hall–Kier alpha value is -2.46. The standard InChI is InChI=1S/C84H160O17P2/c1-5-9-13-17-21-25-29-32-35-37-38-39-40-42-45-48-51-55-59-63-67-71-84(89)101-80(75-95-82(87)69-65-61-57-53-49-46-44-41-36-33-30-26-22-18-14-10-6-2)77-99-103(92,93)97-73-78(85)72-96-102(90,91)98-76-79(74-94-81(86)68-64-60-56-52-28-24-20-16-12-8-4)100-83(88)70-66-62-58-54-50-47-43-34-31-27-23-19-15-11-7-3/h27,31,34,43,78-80,85H,5-26,28-30,32-33,35-42,44-77H2,1-4H3,(H,90,91)(H,92,93)/b31-27-,43-34-/t78-,79+,80+/m0/s1. The van der Waals surface area contributed by atoms with Gasteiger partial charge < -0.3 is 33.8 Å². The van der Waals surface area contributed by atoms with Gasteiger partial charge in [0.15, 0.2) is 12.2 Å². The molecule has 0 saturated heterocycles. The zero-order valence-electron chi connectivity index (χ0n) is 66.8. The number of aliphatic hydroxyl groups excluding tert-OH is 1. The van der Waals surface area contributed by atoms with Gasteiger partial charge in [-0.1, -0.05) is 379 Å². The first-order chi connectivity index (χ1) is 50.2. The lowest BCUT2D eigenvalue weighted by Crippen LogP contribution is -2.30. The monoisotopic (exact) mass is 1500 g/mol. The van der Waals surface area contributed by atoms with Crippen molar-refractivity contribution in [3.05, 3.63) is 24.3 Å². The van der Waals surface area contributed by atoms with Crippen LogP contribution in [0.1, 0.15) is 432 Å². The van der Waals surface area contributed by atoms with E-state index in [0.29, 0.717) is 25.7 Å². The molecule has 0 aliphatic heterocycles. The number of hydrogen-bond acceptors (Lipinski definition) is 15. The van der Waals surface area contributed by atoms with Gasteiger partial charge in [0.2, 0.25) is 0 Å². The van der Waals surface area contributed by atoms with Crippen molar-refractivity contribution in [2.45, 2.75) is 451 Å². The summed E-state index contributed by atoms with van der Waals surface area (Å²) < 4.78 is 68.7. The van der Waals surface area contributed by atoms with Crippen molar-refractivity contribution in [3.8, 4) is 0 Å². The van der Waals surface area contributed by atoms with Crippen LogP contribution in [-0.4, -0.2) is 96.7 Å². The van der Waals surface area contributed by atoms with Crippen LogP contribution in [-0.2, 0) is 65.4 Å². The third-order valence-electron chi connectivity index (χ3n) is 19.2. The Morgan fingerprint density at radius 2 is 0.466 bits per heavy atom. The second-order valence-corrected chi connectivity index (χ2v) is 32.4. The Labute approximate surface area is 631 Å². The molecule has 103 heavy (non-hydrogen) atoms. The molecule has 0 saturated carbocycles. The number of ether oxygens (including phenoxy) is 4. The molecule has 19 heteroatoms. The molecule has 0 spiro atoms. The van der Waals surface area contributed by atoms with E-state index in [9.17, 15) is 43.2 Å². The van der Waals surface area contributed by atoms with Crippen LogP contribution in [0.15, 0.2) is 24.3 Å². The molecule has 3 N–H and O–H groups in total. The molecule has 17 nitrogen and oxygen atoms in total. The largest absolute Gasteiger partial charge is 0.472 e. The molecule has 0 fully saturated rings. The van der Waals surface area contributed by atoms with Gasteiger partial charge in [-0.3, -0.25) is 37.3 Å². The van der Waals surface area contributed by atoms with E-state index in [2.05, 4.69) is 52.0 Å². The Kier molecular flexibility index (Phi) is 75.8. The molecule has 0 heterocycles. The van der Waals surface area contributed by atoms with Crippen molar-refractivity contribution < 1.29 is 80.2 Å². The quantitative estimate of drug-likeness (QED) is 0.0169. The van der Waals surface area contributed by atoms with Gasteiger partial charge in [-0.2, -0.15) is 0 Å². The van der Waals surface area contributed by atoms with Gasteiger partial charge in [-0.25, -0.2) is 9.13 Å². The van der Waals surface area contributed by atoms with Gasteiger partial charge in [-0.05, 0) is 51.4 Å². The maximum absolute atomic E-state index is 13.1. The molecule has 0 aliphatic rings. The highest BCUT2D eigenvalue weighted by Gasteiger charge is 2.30. The van der Waals surface area contributed by atoms with E-state index >= 15 is 0 Å². The third kappa shape index (κ3) is 77.5. The first-order valence-electron chi connectivity index (χ1n) is 43.1. The number of esters is 4. The summed E-state index contributed by atoms with van der Waals surface area (Å²) in [5.74, 6) is -2.13. The van der Waals surface area contributed by atoms with Gasteiger partial charge >= 0.3 is 39.5 Å². The number of phosphoric ester groups is 2. The fourth-order valence-electron chi connectivity index (χ4n) is 12.6. The summed E-state index contributed by atoms with van der Waals surface area (Å²) in [6.07, 6.45) is 74.4. The predicted molar refractivity (Wildman–Crippen MR) is 423 cm³/mol. The summed E-state index contributed by atoms with van der Waals surface area (Å²) in [6.45, 7) is 4.97. The van der Waals surface area contributed by atoms with E-state index in [1.807, 2.05) is 0 Å². The summed E-state index contributed by atoms with van der Waals surface area (Å²) in [6, 6.07) is 0. The highest BCUT2D eigenvalue weighted by molar-refractivity contribution is 7.47. The molecule has 608 valence electrons. The van der Waals surface area contributed by atoms with Crippen molar-refractivity contribution in [1.82, 2.24) is 0 Å². The molecule has 0 amide bonds. The molecular weight excluding hydrogens is 1340 g/mol. The van der Waals surface area contributed by atoms with E-state index in [0.717, 1.165) is 103 Å². The van der Waals surface area contributed by atoms with E-state index in [-0.39, 0.29) is 25.7 Å². The molecule has 0 aromatic heterocycles. The Morgan fingerprint density at radius 1 is 0.272 bits per heavy atom. The van der Waals surface area contributed by atoms with Crippen molar-refractivity contribution >= 4 is 39.5 Å². The predicted octanol–water partition coefficient (Wildman–Crippen LogP) is 25.3. The number of rotatable bonds is 83. The fourth-order valence-corrected chi connectivity index (χ4v) is 14.2. The topological polar surface area (TPSA) is 237 Å². The number of carbonyl (C=O) groups excluding carboxylic acids is 4. The van der Waals surface area contributed by atoms with Crippen LogP contribution in [0.2, 0.25) is 0 Å². The van der Waals surface area contributed by atoms with Gasteiger partial charge in [0.1, 0.15) is 19.3 Å². The number of aliphatic hydroxyl groups is 1. The lowest BCUT2D eigenvalue weighted by atomic mass is 10.0. The van der Waals surface area contributed by atoms with Crippen LogP contribution < -0.4 is 0 Å². The average Bonchev–Trinajstić information content (AvgIpc) is 0.924. The Balaban J connectivity index is 5.25. The maximum atomic E-state index is 13.1. The van der Waals surface area contributed by atoms with Gasteiger partial charge in [0, 0.05) is 25.7 Å². The third-order valence-corrected chi connectivity index (χ3v) is 21.1. The lowest BCUT2D eigenvalue weighted by molar-refractivity contribution is -0.161. The van der Waals surface area contributed by atoms with E-state index in [1.54, 1.807) is 0 Å². The minimum Gasteiger partial charge on any atom is -0.462 e. The SMILES string of the molecule is CCCCCC/C=C\C=C/CCCCCCCC(=O)O[C@H](COC(=O)CCCCCCCCCCCC)COP(=O)(O)OC[C@H](O)COP(=O)(O)OC[C@@H](COC(=O)CCCCCCCCCCCCCCCCCCC)OC(=O)CCCCCCCCCCCCCCCCCCCCCCC. The lowest BCUT2D eigenvalue weighted by Gasteiger charge is -2.21. The number of phosphoric acid groups is 2. The molecule has 5 atom stereocenters. The number of allylic oxidation sites excluding steroid dienone is 4. The van der Waals surface area contributed by atoms with Gasteiger partial charge in [-0.15, -0.1) is 0 Å². The Bertz CT molecular complexity index is 2040. The molecule has 0 radical (unpaired) electrons. The van der Waals surface area contributed by atoms with Crippen LogP contribution in [0, 0.1) is 0 Å². The number of carbonyl (C=O) groups is 4. The molecule has 0 rings (SSSR count). The summed E-state index contributed by atoms with van der Waals surface area (Å²) >= 11 is 0. The Morgan fingerprint density at radius 3 is 0.709 bits per heavy atom. The van der Waals surface area contributed by atoms with Crippen LogP contribution in [0.25, 0.3) is 0 Å². The van der Waals surface area contributed by atoms with Crippen LogP contribution in [0.4, 0.5) is 0 Å². The highest BCUT2D eigenvalue weighted by Crippen LogP contribution is 2.45. The van der Waals surface area contributed by atoms with Gasteiger partial charge in [0.05, 0.1) is 26.4 Å². The summed E-state index contributed by atoms with van der Waals surface area (Å²) in [5, 5.41) is 10.7. The maximum Gasteiger partial charge on any atom is 0.472 e. The number of hydrogen-bond donors (Lipinski definition) is 3. The summed E-state index contributed by atoms with van der Waals surface area (Å²) in [7, 11) is -9.93. The van der Waals surface area contributed by atoms with E-state index < -0.39 is 97.5 Å². The minimum atomic E-state index is -4.97. The van der Waals surface area contributed by atoms with Crippen LogP contribution in [0.5, 0.6) is 0 Å². The van der Waals surface area contributed by atoms with Crippen molar-refractivity contribution in [1.29, 1.82) is 0 Å². The number of unbranched alkanes of at least 4 members (excludes halogenated alkanes) is 54. The average molecular weight is 1500 g/mol. The zero-order valence-corrected chi connectivity index (χ0v) is 68.6. The molecule has 0 bridgehead atoms. The zero-order chi connectivity index (χ0) is 75.3. The minimum absolute atomic E-state index is 0.0858. The normalized spacial score (nSPS) is 13.9. The van der Waals surface area contributed by atoms with Crippen molar-refractivity contribution in [2.75, 3.05) is 39.6 Å². The smallest absolute Gasteiger partial charge is 0.462 e. The molecule has 0 aromatic rings. The van der Waals surface area contributed by atoms with Crippen molar-refractivity contribution in [3.63, 3.8) is 0 Å². The van der Waals surface area contributed by atoms with Crippen molar-refractivity contribution in [2.24, 2.45) is 0 Å². The van der Waals surface area contributed by atoms with Gasteiger partial charge in [0.25, 0.3) is 0 Å². The summed E-state index contributed by atoms with van der Waals surface area (Å²) in [5.41, 5.74) is 0. The fraction of sp³-hybridized carbons (Fsp3) is 0.905. The molecule has 2 unspecified atom stereocenters. The molecule has 0 aromatic carbocycles.